The molecule has 0 aliphatic carbocycles. The van der Waals surface area contributed by atoms with Gasteiger partial charge in [0.15, 0.2) is 0 Å². The van der Waals surface area contributed by atoms with Gasteiger partial charge in [-0.2, -0.15) is 0 Å². The Kier molecular flexibility index (Phi) is 34.0. The minimum absolute atomic E-state index is 0.0791. The van der Waals surface area contributed by atoms with Crippen LogP contribution in [0.3, 0.4) is 0 Å². The van der Waals surface area contributed by atoms with Crippen molar-refractivity contribution in [2.75, 3.05) is 24.5 Å². The van der Waals surface area contributed by atoms with Gasteiger partial charge in [0.05, 0.1) is 69.7 Å². The van der Waals surface area contributed by atoms with Crippen LogP contribution in [0.1, 0.15) is 105 Å². The number of aromatic nitrogens is 3. The number of unbranched alkanes of at least 4 members (excludes halogenated alkanes) is 1. The van der Waals surface area contributed by atoms with Crippen LogP contribution in [0.2, 0.25) is 0 Å². The molecular weight excluding hydrogens is 1470 g/mol. The molecule has 6 rings (SSSR count). The molecule has 18 N–H and O–H groups in total. The molecule has 1 aromatic heterocycles. The first kappa shape index (κ1) is 87.0. The third-order valence-corrected chi connectivity index (χ3v) is 16.7. The van der Waals surface area contributed by atoms with Crippen LogP contribution < -0.4 is 69.1 Å². The fourth-order valence-electron chi connectivity index (χ4n) is 11.0. The number of benzene rings is 4. The number of nitrogens with one attached hydrogen (secondary N) is 11. The van der Waals surface area contributed by atoms with Crippen molar-refractivity contribution in [3.63, 3.8) is 0 Å². The van der Waals surface area contributed by atoms with Crippen LogP contribution in [0.15, 0.2) is 115 Å². The van der Waals surface area contributed by atoms with Crippen LogP contribution >= 0.6 is 0 Å². The Hall–Kier alpha value is -14.0. The number of carbonyl (C=O) groups is 18. The minimum atomic E-state index is -2.27. The van der Waals surface area contributed by atoms with E-state index in [2.05, 4.69) is 43.4 Å². The summed E-state index contributed by atoms with van der Waals surface area (Å²) in [6.07, 6.45) is -4.16. The Labute approximate surface area is 638 Å². The molecule has 39 heteroatoms. The number of carboxylic acid groups (broad SMARTS) is 5. The maximum absolute atomic E-state index is 14.5. The molecule has 13 amide bonds. The van der Waals surface area contributed by atoms with Crippen LogP contribution in [-0.4, -0.2) is 215 Å². The first-order valence-corrected chi connectivity index (χ1v) is 34.9. The summed E-state index contributed by atoms with van der Waals surface area (Å²) in [6, 6.07) is 15.2. The van der Waals surface area contributed by atoms with Gasteiger partial charge in [0.1, 0.15) is 48.3 Å². The molecule has 1 aliphatic heterocycles. The first-order chi connectivity index (χ1) is 53.3. The van der Waals surface area contributed by atoms with Crippen LogP contribution in [0, 0.1) is 11.8 Å². The van der Waals surface area contributed by atoms with Crippen molar-refractivity contribution in [3.8, 4) is 11.8 Å². The lowest BCUT2D eigenvalue weighted by molar-refractivity contribution is -0.144. The monoisotopic (exact) mass is 1550 g/mol. The molecule has 0 bridgehead atoms. The molecule has 8 atom stereocenters. The Morgan fingerprint density at radius 3 is 1.29 bits per heavy atom. The number of carboxylic acids is 5. The van der Waals surface area contributed by atoms with Crippen LogP contribution in [0.25, 0.3) is 0 Å². The molecule has 0 radical (unpaired) electrons. The highest BCUT2D eigenvalue weighted by atomic mass is 16.4. The van der Waals surface area contributed by atoms with Gasteiger partial charge >= 0.3 is 29.8 Å². The Morgan fingerprint density at radius 2 is 0.821 bits per heavy atom. The van der Waals surface area contributed by atoms with Crippen LogP contribution in [0.4, 0.5) is 5.69 Å². The number of aryl methyl sites for hydroxylation is 2. The van der Waals surface area contributed by atoms with Gasteiger partial charge in [-0.3, -0.25) is 91.0 Å². The number of nitrogens with zero attached hydrogens (tertiary/aromatic N) is 4. The molecule has 5 aromatic rings. The second-order valence-electron chi connectivity index (χ2n) is 25.4. The summed E-state index contributed by atoms with van der Waals surface area (Å²) in [7, 11) is 0. The van der Waals surface area contributed by atoms with Gasteiger partial charge < -0.3 is 94.7 Å². The van der Waals surface area contributed by atoms with Crippen molar-refractivity contribution < 1.29 is 112 Å². The van der Waals surface area contributed by atoms with Gasteiger partial charge in [-0.05, 0) is 60.6 Å². The van der Waals surface area contributed by atoms with E-state index in [4.69, 9.17) is 5.73 Å². The van der Waals surface area contributed by atoms with Gasteiger partial charge in [-0.1, -0.05) is 115 Å². The standard InChI is InChI=1S/C73H84N16O23/c1-2-46-40-88(87-86-46)28-14-13-22-47(66(74)105)80-68(107)48(29-41-15-5-3-6-16-41)81-69(108)49(30-42-17-7-4-8-18-42)82-72(111)53(34-64(101)102)85-73(112)54(35-65(103)104)84-71(110)52(33-63(99)100)79-59(93)38-76-57(91)36-75-58(92)37-77-67(106)50(31-61(95)96)83-70(109)51(32-62(97)98)78-56(90)26-27-60(94)89-39-45-21-10-9-19-43(45)24-25-44-20-11-12-23-55(44)89/h3-12,15-21,23,40,47-54H,2,13-14,22,26-39H2,1H3,(H2,74,105)(H,75,92)(H,76,91)(H,77,106)(H,78,90)(H,79,93)(H,80,107)(H,81,108)(H,82,111)(H,83,109)(H,84,110)(H,85,112)(H,95,96)(H,97,98)(H,99,100)(H,101,102)(H,103,104). The number of aliphatic carboxylic acids is 5. The molecule has 4 aromatic carbocycles. The fourth-order valence-corrected chi connectivity index (χ4v) is 11.0. The number of primary amides is 1. The number of para-hydroxylation sites is 1. The van der Waals surface area contributed by atoms with E-state index in [0.29, 0.717) is 59.3 Å². The highest BCUT2D eigenvalue weighted by molar-refractivity contribution is 6.02. The molecule has 2 heterocycles. The van der Waals surface area contributed by atoms with Crippen molar-refractivity contribution in [2.24, 2.45) is 5.73 Å². The first-order valence-electron chi connectivity index (χ1n) is 34.9. The van der Waals surface area contributed by atoms with E-state index < -0.39 is 220 Å². The Bertz CT molecular complexity index is 4370. The zero-order chi connectivity index (χ0) is 82.0. The summed E-state index contributed by atoms with van der Waals surface area (Å²) >= 11 is 0. The second kappa shape index (κ2) is 43.7. The highest BCUT2D eigenvalue weighted by Crippen LogP contribution is 2.26. The maximum atomic E-state index is 14.5. The molecule has 39 nitrogen and oxygen atoms in total. The minimum Gasteiger partial charge on any atom is -0.481 e. The molecule has 0 saturated heterocycles. The molecule has 0 spiro atoms. The number of amides is 13. The van der Waals surface area contributed by atoms with Crippen molar-refractivity contribution in [2.45, 2.75) is 152 Å². The summed E-state index contributed by atoms with van der Waals surface area (Å²) < 4.78 is 1.63. The normalized spacial score (nSPS) is 13.3. The predicted octanol–water partition coefficient (Wildman–Crippen LogP) is -3.69. The third kappa shape index (κ3) is 29.7. The van der Waals surface area contributed by atoms with Gasteiger partial charge in [0, 0.05) is 49.6 Å². The molecule has 0 saturated carbocycles. The predicted molar refractivity (Wildman–Crippen MR) is 388 cm³/mol. The van der Waals surface area contributed by atoms with Crippen molar-refractivity contribution >= 4 is 112 Å². The Morgan fingerprint density at radius 1 is 0.429 bits per heavy atom. The average Bonchev–Trinajstić information content (AvgIpc) is 1.02. The fraction of sp³-hybridized carbons (Fsp3) is 0.370. The summed E-state index contributed by atoms with van der Waals surface area (Å²) in [5.74, 6) is -17.5. The van der Waals surface area contributed by atoms with Gasteiger partial charge in [-0.15, -0.1) is 5.10 Å². The van der Waals surface area contributed by atoms with E-state index in [1.54, 1.807) is 120 Å². The number of hydrogen-bond acceptors (Lipinski definition) is 20. The SMILES string of the molecule is CCc1cn(CCCCC(NC(=O)C(Cc2ccccc2)NC(=O)C(Cc2ccccc2)NC(=O)C(CC(=O)O)NC(=O)C(CC(=O)O)NC(=O)C(CC(=O)O)NC(=O)CNC(=O)CNC(=O)CNC(=O)C(CC(=O)O)NC(=O)C(CC(=O)O)NC(=O)CCC(=O)N2Cc3ccccc3C#Cc3ccccc32)C(N)=O)nn1. The molecule has 8 unspecified atom stereocenters. The number of carbonyl (C=O) groups excluding carboxylic acids is 13. The highest BCUT2D eigenvalue weighted by Gasteiger charge is 2.37. The van der Waals surface area contributed by atoms with E-state index in [-0.39, 0.29) is 25.8 Å². The number of anilines is 1. The Balaban J connectivity index is 1.02. The van der Waals surface area contributed by atoms with E-state index in [9.17, 15) is 112 Å². The van der Waals surface area contributed by atoms with Gasteiger partial charge in [-0.25, -0.2) is 0 Å². The van der Waals surface area contributed by atoms with Crippen LogP contribution in [0.5, 0.6) is 0 Å². The smallest absolute Gasteiger partial charge is 0.305 e. The maximum Gasteiger partial charge on any atom is 0.305 e. The van der Waals surface area contributed by atoms with Crippen molar-refractivity contribution in [1.82, 2.24) is 73.5 Å². The van der Waals surface area contributed by atoms with E-state index in [1.807, 2.05) is 44.1 Å². The van der Waals surface area contributed by atoms with E-state index in [0.717, 1.165) is 5.69 Å². The lowest BCUT2D eigenvalue weighted by Gasteiger charge is -2.27. The van der Waals surface area contributed by atoms with Gasteiger partial charge in [0.2, 0.25) is 76.8 Å². The second-order valence-corrected chi connectivity index (χ2v) is 25.4. The largest absolute Gasteiger partial charge is 0.481 e. The molecule has 112 heavy (non-hydrogen) atoms. The summed E-state index contributed by atoms with van der Waals surface area (Å²) in [5, 5.41) is 80.5. The number of hydrogen-bond donors (Lipinski definition) is 17. The van der Waals surface area contributed by atoms with E-state index in [1.165, 1.54) is 4.90 Å². The summed E-state index contributed by atoms with van der Waals surface area (Å²) in [6.45, 7) is -0.591. The number of fused-ring (bicyclic) bond motifs is 2. The average molecular weight is 1550 g/mol. The molecular formula is C73H84N16O23. The third-order valence-electron chi connectivity index (χ3n) is 16.7. The summed E-state index contributed by atoms with van der Waals surface area (Å²) in [4.78, 5) is 237. The van der Waals surface area contributed by atoms with Crippen molar-refractivity contribution in [1.29, 1.82) is 0 Å². The topological polar surface area (TPSA) is 601 Å². The molecule has 594 valence electrons. The summed E-state index contributed by atoms with van der Waals surface area (Å²) in [5.41, 5.74) is 9.80. The van der Waals surface area contributed by atoms with Crippen molar-refractivity contribution in [3.05, 3.63) is 149 Å². The van der Waals surface area contributed by atoms with E-state index >= 15 is 0 Å². The molecule has 1 aliphatic rings. The number of rotatable bonds is 45. The number of nitrogens with two attached hydrogens (primary N) is 1. The zero-order valence-electron chi connectivity index (χ0n) is 60.3. The molecule has 0 fully saturated rings. The lowest BCUT2D eigenvalue weighted by atomic mass is 10.0. The van der Waals surface area contributed by atoms with Crippen LogP contribution in [-0.2, 0) is 119 Å². The zero-order valence-corrected chi connectivity index (χ0v) is 60.3. The quantitative estimate of drug-likeness (QED) is 0.0132. The van der Waals surface area contributed by atoms with Gasteiger partial charge in [0.25, 0.3) is 0 Å². The lowest BCUT2D eigenvalue weighted by Crippen LogP contribution is -2.60.